The van der Waals surface area contributed by atoms with Crippen molar-refractivity contribution in [1.82, 2.24) is 19.9 Å². The van der Waals surface area contributed by atoms with Gasteiger partial charge < -0.3 is 10.0 Å². The Balaban J connectivity index is 2.27. The van der Waals surface area contributed by atoms with Crippen molar-refractivity contribution < 1.29 is 9.90 Å². The van der Waals surface area contributed by atoms with Crippen LogP contribution in [0.1, 0.15) is 18.2 Å². The number of likely N-dealkylation sites (N-methyl/N-ethyl adjacent to an activating group) is 1. The molecule has 2 heterocycles. The van der Waals surface area contributed by atoms with Gasteiger partial charge in [-0.2, -0.15) is 0 Å². The summed E-state index contributed by atoms with van der Waals surface area (Å²) in [5, 5.41) is 16.5. The molecule has 0 bridgehead atoms. The molecule has 0 radical (unpaired) electrons. The van der Waals surface area contributed by atoms with Crippen LogP contribution in [0.2, 0.25) is 0 Å². The molecular formula is C8H12N4O2. The molecule has 1 atom stereocenters. The van der Waals surface area contributed by atoms with Crippen LogP contribution in [0.3, 0.4) is 0 Å². The zero-order chi connectivity index (χ0) is 10.1. The first-order valence-electron chi connectivity index (χ1n) is 4.49. The molecule has 0 aromatic carbocycles. The molecule has 1 aliphatic rings. The van der Waals surface area contributed by atoms with Gasteiger partial charge in [0.25, 0.3) is 0 Å². The largest absolute Gasteiger partial charge is 0.390 e. The molecule has 1 aromatic rings. The standard InChI is InChI=1S/C8H12N4O2/c1-11-3-2-7(8(11)14)12-6(5-13)4-9-10-12/h4,7,13H,2-3,5H2,1H3. The van der Waals surface area contributed by atoms with Crippen LogP contribution in [0.4, 0.5) is 0 Å². The van der Waals surface area contributed by atoms with Gasteiger partial charge in [-0.25, -0.2) is 4.68 Å². The van der Waals surface area contributed by atoms with E-state index in [-0.39, 0.29) is 18.6 Å². The van der Waals surface area contributed by atoms with Crippen molar-refractivity contribution >= 4 is 5.91 Å². The Morgan fingerprint density at radius 3 is 3.07 bits per heavy atom. The number of nitrogens with zero attached hydrogens (tertiary/aromatic N) is 4. The van der Waals surface area contributed by atoms with Crippen molar-refractivity contribution in [1.29, 1.82) is 0 Å². The Kier molecular flexibility index (Phi) is 2.20. The number of hydrogen-bond acceptors (Lipinski definition) is 4. The van der Waals surface area contributed by atoms with Crippen LogP contribution in [-0.4, -0.2) is 44.5 Å². The number of aromatic nitrogens is 3. The van der Waals surface area contributed by atoms with Gasteiger partial charge in [-0.05, 0) is 6.42 Å². The number of carbonyl (C=O) groups is 1. The number of hydrogen-bond donors (Lipinski definition) is 1. The summed E-state index contributed by atoms with van der Waals surface area (Å²) in [5.41, 5.74) is 0.582. The lowest BCUT2D eigenvalue weighted by Gasteiger charge is -2.11. The molecule has 1 fully saturated rings. The summed E-state index contributed by atoms with van der Waals surface area (Å²) in [6.07, 6.45) is 2.21. The van der Waals surface area contributed by atoms with Gasteiger partial charge in [-0.1, -0.05) is 5.21 Å². The average molecular weight is 196 g/mol. The van der Waals surface area contributed by atoms with Gasteiger partial charge >= 0.3 is 0 Å². The van der Waals surface area contributed by atoms with Crippen LogP contribution >= 0.6 is 0 Å². The van der Waals surface area contributed by atoms with Crippen LogP contribution in [0, 0.1) is 0 Å². The van der Waals surface area contributed by atoms with E-state index in [2.05, 4.69) is 10.3 Å². The van der Waals surface area contributed by atoms with Crippen molar-refractivity contribution in [3.63, 3.8) is 0 Å². The first kappa shape index (κ1) is 9.14. The third kappa shape index (κ3) is 1.27. The van der Waals surface area contributed by atoms with E-state index in [0.717, 1.165) is 13.0 Å². The van der Waals surface area contributed by atoms with Crippen LogP contribution in [-0.2, 0) is 11.4 Å². The second kappa shape index (κ2) is 3.38. The molecule has 14 heavy (non-hydrogen) atoms. The third-order valence-corrected chi connectivity index (χ3v) is 2.51. The lowest BCUT2D eigenvalue weighted by molar-refractivity contribution is -0.129. The van der Waals surface area contributed by atoms with E-state index in [0.29, 0.717) is 5.69 Å². The van der Waals surface area contributed by atoms with E-state index in [1.807, 2.05) is 0 Å². The fraction of sp³-hybridized carbons (Fsp3) is 0.625. The van der Waals surface area contributed by atoms with Crippen LogP contribution in [0.5, 0.6) is 0 Å². The van der Waals surface area contributed by atoms with E-state index in [9.17, 15) is 4.79 Å². The molecule has 1 N–H and O–H groups in total. The fourth-order valence-corrected chi connectivity index (χ4v) is 1.67. The van der Waals surface area contributed by atoms with Gasteiger partial charge in [0.1, 0.15) is 6.04 Å². The van der Waals surface area contributed by atoms with Crippen molar-refractivity contribution in [2.75, 3.05) is 13.6 Å². The Hall–Kier alpha value is -1.43. The summed E-state index contributed by atoms with van der Waals surface area (Å²) in [6.45, 7) is 0.592. The second-order valence-electron chi connectivity index (χ2n) is 3.39. The molecule has 6 heteroatoms. The highest BCUT2D eigenvalue weighted by Gasteiger charge is 2.32. The molecule has 1 aromatic heterocycles. The summed E-state index contributed by atoms with van der Waals surface area (Å²) in [7, 11) is 1.76. The molecule has 1 saturated heterocycles. The predicted octanol–water partition coefficient (Wildman–Crippen LogP) is -0.826. The van der Waals surface area contributed by atoms with Gasteiger partial charge in [-0.3, -0.25) is 4.79 Å². The third-order valence-electron chi connectivity index (χ3n) is 2.51. The van der Waals surface area contributed by atoms with Crippen LogP contribution in [0.25, 0.3) is 0 Å². The summed E-state index contributed by atoms with van der Waals surface area (Å²) in [6, 6.07) is -0.287. The Labute approximate surface area is 81.1 Å². The summed E-state index contributed by atoms with van der Waals surface area (Å²) < 4.78 is 1.51. The van der Waals surface area contributed by atoms with Crippen molar-refractivity contribution in [3.8, 4) is 0 Å². The quantitative estimate of drug-likeness (QED) is 0.670. The molecule has 76 valence electrons. The molecule has 0 saturated carbocycles. The van der Waals surface area contributed by atoms with Gasteiger partial charge in [0.15, 0.2) is 0 Å². The number of aliphatic hydroxyl groups is 1. The van der Waals surface area contributed by atoms with Crippen molar-refractivity contribution in [3.05, 3.63) is 11.9 Å². The zero-order valence-corrected chi connectivity index (χ0v) is 7.92. The molecule has 0 aliphatic carbocycles. The highest BCUT2D eigenvalue weighted by molar-refractivity contribution is 5.82. The first-order chi connectivity index (χ1) is 6.74. The first-order valence-corrected chi connectivity index (χ1v) is 4.49. The normalized spacial score (nSPS) is 22.0. The lowest BCUT2D eigenvalue weighted by Crippen LogP contribution is -2.26. The second-order valence-corrected chi connectivity index (χ2v) is 3.39. The van der Waals surface area contributed by atoms with E-state index >= 15 is 0 Å². The number of aliphatic hydroxyl groups excluding tert-OH is 1. The fourth-order valence-electron chi connectivity index (χ4n) is 1.67. The van der Waals surface area contributed by atoms with Crippen LogP contribution < -0.4 is 0 Å². The Morgan fingerprint density at radius 1 is 1.71 bits per heavy atom. The minimum absolute atomic E-state index is 0.0326. The highest BCUT2D eigenvalue weighted by Crippen LogP contribution is 2.22. The van der Waals surface area contributed by atoms with E-state index in [1.54, 1.807) is 11.9 Å². The molecule has 1 amide bonds. The van der Waals surface area contributed by atoms with Crippen molar-refractivity contribution in [2.24, 2.45) is 0 Å². The molecular weight excluding hydrogens is 184 g/mol. The maximum Gasteiger partial charge on any atom is 0.247 e. The number of likely N-dealkylation sites (tertiary alicyclic amines) is 1. The molecule has 1 aliphatic heterocycles. The maximum atomic E-state index is 11.6. The van der Waals surface area contributed by atoms with Crippen molar-refractivity contribution in [2.45, 2.75) is 19.1 Å². The van der Waals surface area contributed by atoms with Gasteiger partial charge in [0.05, 0.1) is 18.5 Å². The number of carbonyl (C=O) groups excluding carboxylic acids is 1. The summed E-state index contributed by atoms with van der Waals surface area (Å²) in [4.78, 5) is 13.3. The molecule has 1 unspecified atom stereocenters. The smallest absolute Gasteiger partial charge is 0.247 e. The molecule has 6 nitrogen and oxygen atoms in total. The van der Waals surface area contributed by atoms with Gasteiger partial charge in [0, 0.05) is 13.6 Å². The topological polar surface area (TPSA) is 71.2 Å². The minimum atomic E-state index is -0.287. The number of rotatable bonds is 2. The SMILES string of the molecule is CN1CCC(n2nncc2CO)C1=O. The van der Waals surface area contributed by atoms with Crippen LogP contribution in [0.15, 0.2) is 6.20 Å². The Morgan fingerprint density at radius 2 is 2.50 bits per heavy atom. The van der Waals surface area contributed by atoms with Gasteiger partial charge in [0.2, 0.25) is 5.91 Å². The summed E-state index contributed by atoms with van der Waals surface area (Å²) >= 11 is 0. The molecule has 0 spiro atoms. The predicted molar refractivity (Wildman–Crippen MR) is 47.2 cm³/mol. The van der Waals surface area contributed by atoms with Gasteiger partial charge in [-0.15, -0.1) is 5.10 Å². The highest BCUT2D eigenvalue weighted by atomic mass is 16.3. The molecule has 2 rings (SSSR count). The average Bonchev–Trinajstić information content (AvgIpc) is 2.75. The maximum absolute atomic E-state index is 11.6. The summed E-state index contributed by atoms with van der Waals surface area (Å²) in [5.74, 6) is 0.0326. The lowest BCUT2D eigenvalue weighted by atomic mass is 10.2. The van der Waals surface area contributed by atoms with E-state index in [4.69, 9.17) is 5.11 Å². The monoisotopic (exact) mass is 196 g/mol. The van der Waals surface area contributed by atoms with E-state index < -0.39 is 0 Å². The minimum Gasteiger partial charge on any atom is -0.390 e. The number of amides is 1. The van der Waals surface area contributed by atoms with E-state index in [1.165, 1.54) is 10.9 Å². The Bertz CT molecular complexity index is 349. The zero-order valence-electron chi connectivity index (χ0n) is 7.92.